The van der Waals surface area contributed by atoms with Crippen LogP contribution in [0.1, 0.15) is 55.4 Å². The second kappa shape index (κ2) is 9.81. The first-order chi connectivity index (χ1) is 11.9. The van der Waals surface area contributed by atoms with E-state index in [1.54, 1.807) is 0 Å². The van der Waals surface area contributed by atoms with Crippen molar-refractivity contribution in [2.75, 3.05) is 6.61 Å². The Hall–Kier alpha value is -0.750. The topological polar surface area (TPSA) is 68.3 Å². The smallest absolute Gasteiger partial charge is 0.359 e. The van der Waals surface area contributed by atoms with Gasteiger partial charge in [-0.2, -0.15) is 0 Å². The molecule has 1 aliphatic carbocycles. The van der Waals surface area contributed by atoms with E-state index in [-0.39, 0.29) is 37.9 Å². The van der Waals surface area contributed by atoms with E-state index in [9.17, 15) is 9.59 Å². The molecule has 0 aromatic carbocycles. The summed E-state index contributed by atoms with van der Waals surface area (Å²) in [6.07, 6.45) is 7.68. The van der Waals surface area contributed by atoms with E-state index < -0.39 is 12.6 Å². The highest BCUT2D eigenvalue weighted by Gasteiger charge is 2.22. The summed E-state index contributed by atoms with van der Waals surface area (Å²) >= 11 is 23.4. The number of carbonyl (C=O) groups excluding carboxylic acids is 2. The maximum Gasteiger partial charge on any atom is 0.359 e. The zero-order valence-corrected chi connectivity index (χ0v) is 16.4. The monoisotopic (exact) mass is 426 g/mol. The third-order valence-corrected chi connectivity index (χ3v) is 5.66. The Morgan fingerprint density at radius 1 is 0.960 bits per heavy atom. The van der Waals surface area contributed by atoms with Crippen molar-refractivity contribution in [1.82, 2.24) is 10.3 Å². The number of hydrogen-bond donors (Lipinski definition) is 1. The molecule has 1 heterocycles. The van der Waals surface area contributed by atoms with E-state index in [1.807, 2.05) is 0 Å². The van der Waals surface area contributed by atoms with Gasteiger partial charge >= 0.3 is 5.97 Å². The van der Waals surface area contributed by atoms with E-state index in [0.717, 1.165) is 25.7 Å². The second-order valence-electron chi connectivity index (χ2n) is 5.88. The van der Waals surface area contributed by atoms with Crippen molar-refractivity contribution >= 4 is 58.3 Å². The molecule has 1 aliphatic rings. The largest absolute Gasteiger partial charge is 0.451 e. The first-order valence-electron chi connectivity index (χ1n) is 8.06. The van der Waals surface area contributed by atoms with Gasteiger partial charge in [0.25, 0.3) is 5.91 Å². The quantitative estimate of drug-likeness (QED) is 0.537. The first-order valence-corrected chi connectivity index (χ1v) is 9.57. The van der Waals surface area contributed by atoms with E-state index in [2.05, 4.69) is 10.3 Å². The van der Waals surface area contributed by atoms with Crippen LogP contribution in [-0.2, 0) is 9.53 Å². The Morgan fingerprint density at radius 3 is 2.20 bits per heavy atom. The van der Waals surface area contributed by atoms with Crippen LogP contribution in [0.15, 0.2) is 0 Å². The molecule has 1 aromatic rings. The normalized spacial score (nSPS) is 16.0. The van der Waals surface area contributed by atoms with Gasteiger partial charge in [0.05, 0.1) is 15.1 Å². The van der Waals surface area contributed by atoms with Gasteiger partial charge in [-0.05, 0) is 12.8 Å². The molecule has 25 heavy (non-hydrogen) atoms. The van der Waals surface area contributed by atoms with Gasteiger partial charge in [0.1, 0.15) is 5.15 Å². The molecule has 5 nitrogen and oxygen atoms in total. The van der Waals surface area contributed by atoms with Crippen LogP contribution in [0.3, 0.4) is 0 Å². The second-order valence-corrected chi connectivity index (χ2v) is 7.37. The SMILES string of the molecule is O=C(COC(=O)c1nc(Cl)c(Cl)c(Cl)c1Cl)NC1CCCCCCC1. The predicted molar refractivity (Wildman–Crippen MR) is 98.8 cm³/mol. The molecule has 138 valence electrons. The van der Waals surface area contributed by atoms with Gasteiger partial charge in [-0.15, -0.1) is 0 Å². The molecule has 1 fully saturated rings. The lowest BCUT2D eigenvalue weighted by molar-refractivity contribution is -0.125. The Morgan fingerprint density at radius 2 is 1.56 bits per heavy atom. The van der Waals surface area contributed by atoms with Crippen molar-refractivity contribution in [1.29, 1.82) is 0 Å². The molecule has 0 bridgehead atoms. The van der Waals surface area contributed by atoms with Crippen molar-refractivity contribution < 1.29 is 14.3 Å². The van der Waals surface area contributed by atoms with Crippen LogP contribution in [-0.4, -0.2) is 29.5 Å². The van der Waals surface area contributed by atoms with Gasteiger partial charge in [0.15, 0.2) is 12.3 Å². The number of amides is 1. The average molecular weight is 428 g/mol. The van der Waals surface area contributed by atoms with Crippen molar-refractivity contribution in [3.05, 3.63) is 25.9 Å². The number of esters is 1. The number of halogens is 4. The van der Waals surface area contributed by atoms with Crippen molar-refractivity contribution in [2.24, 2.45) is 0 Å². The highest BCUT2D eigenvalue weighted by atomic mass is 35.5. The summed E-state index contributed by atoms with van der Waals surface area (Å²) in [6.45, 7) is -0.425. The third-order valence-electron chi connectivity index (χ3n) is 3.98. The molecule has 2 rings (SSSR count). The van der Waals surface area contributed by atoms with Gasteiger partial charge in [0, 0.05) is 6.04 Å². The number of nitrogens with zero attached hydrogens (tertiary/aromatic N) is 1. The lowest BCUT2D eigenvalue weighted by Crippen LogP contribution is -2.38. The van der Waals surface area contributed by atoms with E-state index >= 15 is 0 Å². The van der Waals surface area contributed by atoms with Gasteiger partial charge in [0.2, 0.25) is 0 Å². The van der Waals surface area contributed by atoms with Crippen molar-refractivity contribution in [3.63, 3.8) is 0 Å². The van der Waals surface area contributed by atoms with E-state index in [0.29, 0.717) is 0 Å². The molecule has 0 unspecified atom stereocenters. The summed E-state index contributed by atoms with van der Waals surface area (Å²) in [5.74, 6) is -1.25. The molecule has 1 saturated carbocycles. The molecule has 0 atom stereocenters. The molecule has 0 radical (unpaired) electrons. The van der Waals surface area contributed by atoms with Crippen LogP contribution in [0.25, 0.3) is 0 Å². The summed E-state index contributed by atoms with van der Waals surface area (Å²) in [4.78, 5) is 27.8. The number of carbonyl (C=O) groups is 2. The van der Waals surface area contributed by atoms with Gasteiger partial charge in [-0.1, -0.05) is 78.5 Å². The molecule has 1 N–H and O–H groups in total. The van der Waals surface area contributed by atoms with E-state index in [1.165, 1.54) is 19.3 Å². The fourth-order valence-corrected chi connectivity index (χ4v) is 3.50. The molecule has 1 amide bonds. The van der Waals surface area contributed by atoms with Crippen LogP contribution < -0.4 is 5.32 Å². The van der Waals surface area contributed by atoms with Crippen LogP contribution in [0.4, 0.5) is 0 Å². The lowest BCUT2D eigenvalue weighted by Gasteiger charge is -2.20. The maximum atomic E-state index is 12.1. The summed E-state index contributed by atoms with van der Waals surface area (Å²) in [6, 6.07) is 0.118. The minimum absolute atomic E-state index is 0.0492. The van der Waals surface area contributed by atoms with E-state index in [4.69, 9.17) is 51.1 Å². The van der Waals surface area contributed by atoms with Crippen LogP contribution in [0, 0.1) is 0 Å². The van der Waals surface area contributed by atoms with Crippen molar-refractivity contribution in [3.8, 4) is 0 Å². The van der Waals surface area contributed by atoms with Crippen molar-refractivity contribution in [2.45, 2.75) is 51.0 Å². The Balaban J connectivity index is 1.90. The molecular formula is C16H18Cl4N2O3. The van der Waals surface area contributed by atoms with Gasteiger partial charge in [-0.25, -0.2) is 9.78 Å². The minimum atomic E-state index is -0.890. The zero-order chi connectivity index (χ0) is 18.4. The number of ether oxygens (including phenoxy) is 1. The molecule has 0 spiro atoms. The molecule has 0 aliphatic heterocycles. The van der Waals surface area contributed by atoms with Crippen LogP contribution in [0.5, 0.6) is 0 Å². The zero-order valence-electron chi connectivity index (χ0n) is 13.4. The summed E-state index contributed by atoms with van der Waals surface area (Å²) in [5.41, 5.74) is -0.278. The van der Waals surface area contributed by atoms with Crippen LogP contribution in [0.2, 0.25) is 20.2 Å². The lowest BCUT2D eigenvalue weighted by atomic mass is 9.97. The Bertz CT molecular complexity index is 647. The number of rotatable bonds is 4. The molecular weight excluding hydrogens is 410 g/mol. The summed E-state index contributed by atoms with van der Waals surface area (Å²) < 4.78 is 4.96. The number of nitrogens with one attached hydrogen (secondary N) is 1. The first kappa shape index (κ1) is 20.6. The number of pyridine rings is 1. The number of hydrogen-bond acceptors (Lipinski definition) is 4. The minimum Gasteiger partial charge on any atom is -0.451 e. The Kier molecular flexibility index (Phi) is 8.07. The average Bonchev–Trinajstić information content (AvgIpc) is 2.56. The molecule has 1 aromatic heterocycles. The summed E-state index contributed by atoms with van der Waals surface area (Å²) in [5, 5.41) is 2.43. The highest BCUT2D eigenvalue weighted by molar-refractivity contribution is 6.52. The fraction of sp³-hybridized carbons (Fsp3) is 0.562. The predicted octanol–water partition coefficient (Wildman–Crippen LogP) is 5.08. The van der Waals surface area contributed by atoms with Crippen LogP contribution >= 0.6 is 46.4 Å². The molecule has 0 saturated heterocycles. The highest BCUT2D eigenvalue weighted by Crippen LogP contribution is 2.36. The maximum absolute atomic E-state index is 12.1. The fourth-order valence-electron chi connectivity index (χ4n) is 2.69. The Labute approximate surface area is 166 Å². The standard InChI is InChI=1S/C16H18Cl4N2O3/c17-11-12(18)14(22-15(20)13(11)19)16(24)25-8-10(23)21-9-6-4-2-1-3-5-7-9/h9H,1-8H2,(H,21,23). The molecule has 9 heteroatoms. The van der Waals surface area contributed by atoms with Gasteiger partial charge in [-0.3, -0.25) is 4.79 Å². The van der Waals surface area contributed by atoms with Gasteiger partial charge < -0.3 is 10.1 Å². The summed E-state index contributed by atoms with van der Waals surface area (Å²) in [7, 11) is 0. The number of aromatic nitrogens is 1. The third kappa shape index (κ3) is 5.88.